The van der Waals surface area contributed by atoms with Crippen LogP contribution in [0.3, 0.4) is 0 Å². The van der Waals surface area contributed by atoms with Crippen LogP contribution in [0.2, 0.25) is 0 Å². The fourth-order valence-corrected chi connectivity index (χ4v) is 4.62. The Hall–Kier alpha value is -2.15. The molecule has 2 amide bonds. The summed E-state index contributed by atoms with van der Waals surface area (Å²) in [6.45, 7) is 3.67. The second kappa shape index (κ2) is 6.29. The SMILES string of the molecule is CCc1noc(C)c1C(=O)Nc1sc2c(c1C(=O)NC1CC1)CCC2. The van der Waals surface area contributed by atoms with E-state index in [1.54, 1.807) is 6.92 Å². The Morgan fingerprint density at radius 1 is 1.24 bits per heavy atom. The van der Waals surface area contributed by atoms with Gasteiger partial charge in [0.15, 0.2) is 0 Å². The predicted octanol–water partition coefficient (Wildman–Crippen LogP) is 3.24. The van der Waals surface area contributed by atoms with E-state index in [1.165, 1.54) is 16.2 Å². The first kappa shape index (κ1) is 16.3. The van der Waals surface area contributed by atoms with Gasteiger partial charge in [0.05, 0.1) is 11.3 Å². The molecule has 2 N–H and O–H groups in total. The van der Waals surface area contributed by atoms with E-state index in [4.69, 9.17) is 4.52 Å². The fourth-order valence-electron chi connectivity index (χ4n) is 3.33. The highest BCUT2D eigenvalue weighted by molar-refractivity contribution is 7.17. The molecule has 2 aromatic heterocycles. The predicted molar refractivity (Wildman–Crippen MR) is 95.4 cm³/mol. The lowest BCUT2D eigenvalue weighted by atomic mass is 10.1. The lowest BCUT2D eigenvalue weighted by molar-refractivity contribution is 0.0951. The van der Waals surface area contributed by atoms with Gasteiger partial charge in [0, 0.05) is 10.9 Å². The molecule has 2 aliphatic rings. The molecule has 0 unspecified atom stereocenters. The number of amides is 2. The monoisotopic (exact) mass is 359 g/mol. The molecule has 0 saturated heterocycles. The van der Waals surface area contributed by atoms with Crippen molar-refractivity contribution in [1.29, 1.82) is 0 Å². The molecule has 25 heavy (non-hydrogen) atoms. The molecular formula is C18H21N3O3S. The summed E-state index contributed by atoms with van der Waals surface area (Å²) < 4.78 is 5.16. The number of anilines is 1. The van der Waals surface area contributed by atoms with Gasteiger partial charge in [-0.05, 0) is 51.0 Å². The van der Waals surface area contributed by atoms with Crippen LogP contribution in [0.15, 0.2) is 4.52 Å². The molecule has 1 saturated carbocycles. The van der Waals surface area contributed by atoms with Gasteiger partial charge < -0.3 is 15.2 Å². The van der Waals surface area contributed by atoms with Gasteiger partial charge >= 0.3 is 0 Å². The number of nitrogens with one attached hydrogen (secondary N) is 2. The highest BCUT2D eigenvalue weighted by atomic mass is 32.1. The summed E-state index contributed by atoms with van der Waals surface area (Å²) in [4.78, 5) is 26.7. The number of hydrogen-bond donors (Lipinski definition) is 2. The number of thiophene rings is 1. The van der Waals surface area contributed by atoms with Gasteiger partial charge in [-0.2, -0.15) is 0 Å². The van der Waals surface area contributed by atoms with Crippen LogP contribution in [0.5, 0.6) is 0 Å². The van der Waals surface area contributed by atoms with E-state index < -0.39 is 0 Å². The van der Waals surface area contributed by atoms with Gasteiger partial charge in [-0.15, -0.1) is 11.3 Å². The van der Waals surface area contributed by atoms with Gasteiger partial charge in [-0.25, -0.2) is 0 Å². The molecule has 0 bridgehead atoms. The first-order chi connectivity index (χ1) is 12.1. The summed E-state index contributed by atoms with van der Waals surface area (Å²) in [6, 6.07) is 0.292. The molecule has 0 atom stereocenters. The van der Waals surface area contributed by atoms with Crippen LogP contribution in [0.25, 0.3) is 0 Å². The first-order valence-corrected chi connectivity index (χ1v) is 9.62. The zero-order valence-electron chi connectivity index (χ0n) is 14.4. The molecule has 132 valence electrons. The third-order valence-electron chi connectivity index (χ3n) is 4.78. The van der Waals surface area contributed by atoms with Crippen LogP contribution in [-0.2, 0) is 19.3 Å². The Kier molecular flexibility index (Phi) is 4.11. The van der Waals surface area contributed by atoms with Gasteiger partial charge in [-0.1, -0.05) is 12.1 Å². The normalized spacial score (nSPS) is 15.9. The number of carbonyl (C=O) groups is 2. The topological polar surface area (TPSA) is 84.2 Å². The number of nitrogens with zero attached hydrogens (tertiary/aromatic N) is 1. The number of carbonyl (C=O) groups excluding carboxylic acids is 2. The van der Waals surface area contributed by atoms with E-state index in [0.717, 1.165) is 37.7 Å². The molecule has 2 heterocycles. The number of aryl methyl sites for hydroxylation is 3. The second-order valence-electron chi connectivity index (χ2n) is 6.68. The molecule has 0 spiro atoms. The molecular weight excluding hydrogens is 338 g/mol. The van der Waals surface area contributed by atoms with Crippen LogP contribution in [0.4, 0.5) is 5.00 Å². The molecule has 7 heteroatoms. The van der Waals surface area contributed by atoms with E-state index in [1.807, 2.05) is 6.92 Å². The van der Waals surface area contributed by atoms with Crippen molar-refractivity contribution in [2.75, 3.05) is 5.32 Å². The lowest BCUT2D eigenvalue weighted by Gasteiger charge is -2.09. The van der Waals surface area contributed by atoms with Crippen molar-refractivity contribution in [1.82, 2.24) is 10.5 Å². The summed E-state index contributed by atoms with van der Waals surface area (Å²) in [6.07, 6.45) is 5.66. The highest BCUT2D eigenvalue weighted by Crippen LogP contribution is 2.39. The van der Waals surface area contributed by atoms with Crippen molar-refractivity contribution in [3.63, 3.8) is 0 Å². The average Bonchev–Trinajstić information content (AvgIpc) is 2.99. The summed E-state index contributed by atoms with van der Waals surface area (Å²) in [7, 11) is 0. The molecule has 1 fully saturated rings. The maximum Gasteiger partial charge on any atom is 0.261 e. The van der Waals surface area contributed by atoms with Gasteiger partial charge in [0.2, 0.25) is 0 Å². The third-order valence-corrected chi connectivity index (χ3v) is 5.99. The molecule has 4 rings (SSSR count). The number of fused-ring (bicyclic) bond motifs is 1. The average molecular weight is 359 g/mol. The van der Waals surface area contributed by atoms with E-state index in [-0.39, 0.29) is 11.8 Å². The van der Waals surface area contributed by atoms with Crippen LogP contribution >= 0.6 is 11.3 Å². The Bertz CT molecular complexity index is 848. The summed E-state index contributed by atoms with van der Waals surface area (Å²) in [5, 5.41) is 10.6. The standard InChI is InChI=1S/C18H21N3O3S/c1-3-12-14(9(2)24-21-12)16(22)20-18-15(17(23)19-10-7-8-10)11-5-4-6-13(11)25-18/h10H,3-8H2,1-2H3,(H,19,23)(H,20,22). The van der Waals surface area contributed by atoms with Crippen molar-refractivity contribution in [3.8, 4) is 0 Å². The number of hydrogen-bond acceptors (Lipinski definition) is 5. The minimum Gasteiger partial charge on any atom is -0.361 e. The number of rotatable bonds is 5. The Morgan fingerprint density at radius 2 is 2.04 bits per heavy atom. The van der Waals surface area contributed by atoms with Crippen LogP contribution < -0.4 is 10.6 Å². The molecule has 2 aliphatic carbocycles. The van der Waals surface area contributed by atoms with Crippen molar-refractivity contribution in [3.05, 3.63) is 33.0 Å². The van der Waals surface area contributed by atoms with Crippen molar-refractivity contribution < 1.29 is 14.1 Å². The Balaban J connectivity index is 1.65. The molecule has 0 radical (unpaired) electrons. The third kappa shape index (κ3) is 2.97. The van der Waals surface area contributed by atoms with E-state index in [0.29, 0.717) is 40.0 Å². The summed E-state index contributed by atoms with van der Waals surface area (Å²) >= 11 is 1.53. The fraction of sp³-hybridized carbons (Fsp3) is 0.500. The van der Waals surface area contributed by atoms with Crippen molar-refractivity contribution >= 4 is 28.2 Å². The molecule has 6 nitrogen and oxygen atoms in total. The summed E-state index contributed by atoms with van der Waals surface area (Å²) in [5.41, 5.74) is 2.88. The largest absolute Gasteiger partial charge is 0.361 e. The van der Waals surface area contributed by atoms with Crippen molar-refractivity contribution in [2.45, 2.75) is 58.4 Å². The lowest BCUT2D eigenvalue weighted by Crippen LogP contribution is -2.27. The van der Waals surface area contributed by atoms with Crippen LogP contribution in [0, 0.1) is 6.92 Å². The van der Waals surface area contributed by atoms with Crippen LogP contribution in [-0.4, -0.2) is 23.0 Å². The minimum atomic E-state index is -0.254. The number of aromatic nitrogens is 1. The van der Waals surface area contributed by atoms with Crippen molar-refractivity contribution in [2.24, 2.45) is 0 Å². The zero-order valence-corrected chi connectivity index (χ0v) is 15.2. The Morgan fingerprint density at radius 3 is 2.76 bits per heavy atom. The Labute approximate surface area is 150 Å². The smallest absolute Gasteiger partial charge is 0.261 e. The molecule has 0 aliphatic heterocycles. The minimum absolute atomic E-state index is 0.0602. The maximum atomic E-state index is 12.8. The zero-order chi connectivity index (χ0) is 17.6. The van der Waals surface area contributed by atoms with E-state index in [2.05, 4.69) is 15.8 Å². The molecule has 0 aromatic carbocycles. The second-order valence-corrected chi connectivity index (χ2v) is 7.78. The van der Waals surface area contributed by atoms with E-state index in [9.17, 15) is 9.59 Å². The maximum absolute atomic E-state index is 12.8. The molecule has 2 aromatic rings. The quantitative estimate of drug-likeness (QED) is 0.858. The van der Waals surface area contributed by atoms with Gasteiger partial charge in [0.25, 0.3) is 11.8 Å². The highest BCUT2D eigenvalue weighted by Gasteiger charge is 2.31. The van der Waals surface area contributed by atoms with Gasteiger partial charge in [0.1, 0.15) is 16.3 Å². The van der Waals surface area contributed by atoms with Gasteiger partial charge in [-0.3, -0.25) is 9.59 Å². The van der Waals surface area contributed by atoms with Crippen LogP contribution in [0.1, 0.15) is 68.8 Å². The van der Waals surface area contributed by atoms with E-state index >= 15 is 0 Å². The summed E-state index contributed by atoms with van der Waals surface area (Å²) in [5.74, 6) is 0.188. The first-order valence-electron chi connectivity index (χ1n) is 8.80.